The molecule has 2 atom stereocenters. The van der Waals surface area contributed by atoms with Crippen molar-refractivity contribution in [3.05, 3.63) is 41.6 Å². The fourth-order valence-corrected chi connectivity index (χ4v) is 6.39. The minimum absolute atomic E-state index is 0.0476. The van der Waals surface area contributed by atoms with Crippen LogP contribution in [0.4, 0.5) is 10.6 Å². The van der Waals surface area contributed by atoms with Gasteiger partial charge in [0.2, 0.25) is 5.91 Å². The molecule has 0 saturated carbocycles. The van der Waals surface area contributed by atoms with Gasteiger partial charge >= 0.3 is 6.03 Å². The maximum atomic E-state index is 13.3. The summed E-state index contributed by atoms with van der Waals surface area (Å²) in [6.45, 7) is 1.51. The van der Waals surface area contributed by atoms with Gasteiger partial charge in [0.05, 0.1) is 29.8 Å². The summed E-state index contributed by atoms with van der Waals surface area (Å²) in [5.41, 5.74) is -0.0843. The number of urea groups is 1. The van der Waals surface area contributed by atoms with Crippen molar-refractivity contribution in [3.63, 3.8) is 0 Å². The lowest BCUT2D eigenvalue weighted by molar-refractivity contribution is -0.135. The lowest BCUT2D eigenvalue weighted by Gasteiger charge is -2.33. The molecule has 3 aliphatic rings. The second-order valence-corrected chi connectivity index (χ2v) is 10.8. The summed E-state index contributed by atoms with van der Waals surface area (Å²) in [7, 11) is -3.14. The van der Waals surface area contributed by atoms with Crippen LogP contribution in [-0.4, -0.2) is 65.6 Å². The Morgan fingerprint density at radius 2 is 2.12 bits per heavy atom. The molecule has 1 spiro atoms. The molecule has 12 heteroatoms. The first-order valence-electron chi connectivity index (χ1n) is 10.6. The smallest absolute Gasteiger partial charge is 0.325 e. The molecule has 2 unspecified atom stereocenters. The highest BCUT2D eigenvalue weighted by atomic mass is 32.2. The van der Waals surface area contributed by atoms with Crippen LogP contribution in [0, 0.1) is 6.92 Å². The fourth-order valence-electron chi connectivity index (χ4n) is 4.70. The Bertz CT molecular complexity index is 1270. The average molecular weight is 474 g/mol. The monoisotopic (exact) mass is 473 g/mol. The molecule has 11 nitrogen and oxygen atoms in total. The number of imide groups is 1. The molecule has 1 aromatic heterocycles. The Morgan fingerprint density at radius 1 is 1.33 bits per heavy atom. The first kappa shape index (κ1) is 21.4. The van der Waals surface area contributed by atoms with Gasteiger partial charge in [-0.2, -0.15) is 5.10 Å². The highest BCUT2D eigenvalue weighted by Gasteiger charge is 2.55. The van der Waals surface area contributed by atoms with E-state index in [0.717, 1.165) is 4.90 Å². The lowest BCUT2D eigenvalue weighted by atomic mass is 9.84. The zero-order valence-electron chi connectivity index (χ0n) is 17.9. The molecule has 0 bridgehead atoms. The van der Waals surface area contributed by atoms with Crippen LogP contribution >= 0.6 is 0 Å². The molecule has 0 radical (unpaired) electrons. The molecule has 2 saturated heterocycles. The largest absolute Gasteiger partial charge is 0.493 e. The SMILES string of the molecule is Cc1cc(NC(=O)CN2C(=O)NC3(CCOc4ccccc43)C2=O)n(C2CCS(=O)(=O)C2)n1. The van der Waals surface area contributed by atoms with Crippen molar-refractivity contribution in [2.24, 2.45) is 0 Å². The summed E-state index contributed by atoms with van der Waals surface area (Å²) >= 11 is 0. The van der Waals surface area contributed by atoms with Gasteiger partial charge in [-0.15, -0.1) is 0 Å². The Hall–Kier alpha value is -3.41. The number of amides is 4. The van der Waals surface area contributed by atoms with Gasteiger partial charge in [0.15, 0.2) is 15.4 Å². The number of carbonyl (C=O) groups is 3. The number of hydrogen-bond acceptors (Lipinski definition) is 7. The number of benzene rings is 1. The van der Waals surface area contributed by atoms with Gasteiger partial charge in [-0.05, 0) is 19.4 Å². The Balaban J connectivity index is 1.34. The molecule has 0 aliphatic carbocycles. The number of carbonyl (C=O) groups excluding carboxylic acids is 3. The summed E-state index contributed by atoms with van der Waals surface area (Å²) in [4.78, 5) is 39.7. The normalized spacial score (nSPS) is 25.6. The van der Waals surface area contributed by atoms with Crippen molar-refractivity contribution in [1.82, 2.24) is 20.0 Å². The number of nitrogens with zero attached hydrogens (tertiary/aromatic N) is 3. The molecule has 2 N–H and O–H groups in total. The number of para-hydroxylation sites is 1. The van der Waals surface area contributed by atoms with E-state index in [4.69, 9.17) is 4.74 Å². The number of hydrogen-bond donors (Lipinski definition) is 2. The highest BCUT2D eigenvalue weighted by Crippen LogP contribution is 2.41. The number of rotatable bonds is 4. The van der Waals surface area contributed by atoms with Crippen molar-refractivity contribution in [1.29, 1.82) is 0 Å². The molecule has 33 heavy (non-hydrogen) atoms. The van der Waals surface area contributed by atoms with Crippen LogP contribution in [0.2, 0.25) is 0 Å². The maximum absolute atomic E-state index is 13.3. The van der Waals surface area contributed by atoms with E-state index < -0.39 is 39.8 Å². The number of nitrogens with one attached hydrogen (secondary N) is 2. The third-order valence-corrected chi connectivity index (χ3v) is 7.99. The molecule has 5 rings (SSSR count). The third kappa shape index (κ3) is 3.63. The van der Waals surface area contributed by atoms with Crippen molar-refractivity contribution in [3.8, 4) is 5.75 Å². The summed E-state index contributed by atoms with van der Waals surface area (Å²) in [5.74, 6) is -0.219. The summed E-state index contributed by atoms with van der Waals surface area (Å²) in [6, 6.07) is 7.61. The minimum atomic E-state index is -3.14. The molecule has 4 heterocycles. The predicted octanol–water partition coefficient (Wildman–Crippen LogP) is 0.719. The van der Waals surface area contributed by atoms with Gasteiger partial charge in [0.1, 0.15) is 18.1 Å². The molecule has 2 fully saturated rings. The molecule has 3 aliphatic heterocycles. The first-order chi connectivity index (χ1) is 15.7. The molecular formula is C21H23N5O6S. The van der Waals surface area contributed by atoms with E-state index in [-0.39, 0.29) is 30.6 Å². The van der Waals surface area contributed by atoms with Crippen molar-refractivity contribution in [2.75, 3.05) is 30.0 Å². The van der Waals surface area contributed by atoms with E-state index in [1.54, 1.807) is 37.3 Å². The predicted molar refractivity (Wildman–Crippen MR) is 116 cm³/mol. The minimum Gasteiger partial charge on any atom is -0.493 e. The number of fused-ring (bicyclic) bond motifs is 2. The van der Waals surface area contributed by atoms with Gasteiger partial charge in [-0.1, -0.05) is 18.2 Å². The van der Waals surface area contributed by atoms with Crippen molar-refractivity contribution < 1.29 is 27.5 Å². The first-order valence-corrected chi connectivity index (χ1v) is 12.4. The third-order valence-electron chi connectivity index (χ3n) is 6.24. The molecule has 1 aromatic carbocycles. The number of ether oxygens (including phenoxy) is 1. The zero-order valence-corrected chi connectivity index (χ0v) is 18.7. The summed E-state index contributed by atoms with van der Waals surface area (Å²) in [5, 5.41) is 9.77. The Labute approximate surface area is 190 Å². The van der Waals surface area contributed by atoms with E-state index in [1.807, 2.05) is 0 Å². The number of sulfone groups is 1. The van der Waals surface area contributed by atoms with E-state index in [0.29, 0.717) is 29.2 Å². The quantitative estimate of drug-likeness (QED) is 0.624. The number of aromatic nitrogens is 2. The van der Waals surface area contributed by atoms with Crippen LogP contribution in [0.15, 0.2) is 30.3 Å². The molecule has 4 amide bonds. The van der Waals surface area contributed by atoms with Crippen LogP contribution in [0.1, 0.15) is 30.1 Å². The standard InChI is InChI=1S/C21H23N5O6S/c1-13-10-17(26(24-13)14-6-9-33(30,31)12-14)22-18(27)11-25-19(28)21(23-20(25)29)7-8-32-16-5-3-2-4-15(16)21/h2-5,10,14H,6-9,11-12H2,1H3,(H,22,27)(H,23,29). The van der Waals surface area contributed by atoms with E-state index in [1.165, 1.54) is 4.68 Å². The van der Waals surface area contributed by atoms with Crippen LogP contribution in [0.5, 0.6) is 5.75 Å². The molecular weight excluding hydrogens is 450 g/mol. The van der Waals surface area contributed by atoms with Crippen LogP contribution in [-0.2, 0) is 25.0 Å². The number of anilines is 1. The summed E-state index contributed by atoms with van der Waals surface area (Å²) in [6.07, 6.45) is 0.665. The highest BCUT2D eigenvalue weighted by molar-refractivity contribution is 7.91. The maximum Gasteiger partial charge on any atom is 0.325 e. The van der Waals surface area contributed by atoms with E-state index in [9.17, 15) is 22.8 Å². The van der Waals surface area contributed by atoms with Crippen LogP contribution < -0.4 is 15.4 Å². The number of aryl methyl sites for hydroxylation is 1. The van der Waals surface area contributed by atoms with Gasteiger partial charge in [-0.25, -0.2) is 17.9 Å². The Kier molecular flexibility index (Phi) is 4.92. The topological polar surface area (TPSA) is 140 Å². The average Bonchev–Trinajstić information content (AvgIpc) is 3.38. The van der Waals surface area contributed by atoms with Gasteiger partial charge in [0.25, 0.3) is 5.91 Å². The van der Waals surface area contributed by atoms with Crippen LogP contribution in [0.3, 0.4) is 0 Å². The zero-order chi connectivity index (χ0) is 23.4. The van der Waals surface area contributed by atoms with Crippen molar-refractivity contribution in [2.45, 2.75) is 31.3 Å². The lowest BCUT2D eigenvalue weighted by Crippen LogP contribution is -2.48. The van der Waals surface area contributed by atoms with Crippen LogP contribution in [0.25, 0.3) is 0 Å². The second-order valence-electron chi connectivity index (χ2n) is 8.54. The van der Waals surface area contributed by atoms with E-state index >= 15 is 0 Å². The van der Waals surface area contributed by atoms with E-state index in [2.05, 4.69) is 15.7 Å². The molecule has 174 valence electrons. The fraction of sp³-hybridized carbons (Fsp3) is 0.429. The van der Waals surface area contributed by atoms with Gasteiger partial charge in [0, 0.05) is 18.1 Å². The van der Waals surface area contributed by atoms with Crippen molar-refractivity contribution >= 4 is 33.5 Å². The molecule has 2 aromatic rings. The van der Waals surface area contributed by atoms with Gasteiger partial charge < -0.3 is 15.4 Å². The second kappa shape index (κ2) is 7.58. The Morgan fingerprint density at radius 3 is 2.88 bits per heavy atom. The summed E-state index contributed by atoms with van der Waals surface area (Å²) < 4.78 is 30.8. The van der Waals surface area contributed by atoms with Gasteiger partial charge in [-0.3, -0.25) is 14.5 Å².